The quantitative estimate of drug-likeness (QED) is 0.867. The molecule has 0 radical (unpaired) electrons. The first-order valence-electron chi connectivity index (χ1n) is 6.33. The van der Waals surface area contributed by atoms with Gasteiger partial charge < -0.3 is 10.0 Å². The molecule has 1 aliphatic rings. The zero-order valence-corrected chi connectivity index (χ0v) is 11.2. The molecule has 1 saturated heterocycles. The van der Waals surface area contributed by atoms with Crippen LogP contribution in [-0.4, -0.2) is 17.7 Å². The third kappa shape index (κ3) is 2.75. The number of aliphatic hydroxyl groups excluding tert-OH is 1. The third-order valence-corrected chi connectivity index (χ3v) is 3.90. The van der Waals surface area contributed by atoms with Gasteiger partial charge in [-0.3, -0.25) is 0 Å². The largest absolute Gasteiger partial charge is 0.389 e. The maximum Gasteiger partial charge on any atom is 0.0776 e. The van der Waals surface area contributed by atoms with Crippen molar-refractivity contribution in [2.24, 2.45) is 0 Å². The molecule has 1 heterocycles. The molecule has 2 atom stereocenters. The molecular weight excluding hydrogens is 234 g/mol. The van der Waals surface area contributed by atoms with E-state index >= 15 is 0 Å². The Labute approximate surface area is 108 Å². The van der Waals surface area contributed by atoms with E-state index in [1.165, 1.54) is 24.9 Å². The first-order chi connectivity index (χ1) is 8.09. The van der Waals surface area contributed by atoms with E-state index in [2.05, 4.69) is 17.9 Å². The highest BCUT2D eigenvalue weighted by Crippen LogP contribution is 2.31. The molecule has 1 fully saturated rings. The maximum absolute atomic E-state index is 9.56. The van der Waals surface area contributed by atoms with Crippen LogP contribution in [0.15, 0.2) is 18.2 Å². The number of piperidine rings is 1. The average molecular weight is 254 g/mol. The van der Waals surface area contributed by atoms with Gasteiger partial charge in [0, 0.05) is 23.3 Å². The van der Waals surface area contributed by atoms with Crippen LogP contribution in [0.4, 0.5) is 5.69 Å². The highest BCUT2D eigenvalue weighted by molar-refractivity contribution is 6.31. The number of rotatable bonds is 2. The van der Waals surface area contributed by atoms with Crippen LogP contribution in [0.1, 0.15) is 44.8 Å². The number of benzene rings is 1. The number of nitrogens with zero attached hydrogens (tertiary/aromatic N) is 1. The van der Waals surface area contributed by atoms with E-state index < -0.39 is 6.10 Å². The van der Waals surface area contributed by atoms with E-state index in [9.17, 15) is 5.11 Å². The second-order valence-corrected chi connectivity index (χ2v) is 5.33. The van der Waals surface area contributed by atoms with Gasteiger partial charge in [0.15, 0.2) is 0 Å². The minimum Gasteiger partial charge on any atom is -0.389 e. The molecule has 2 rings (SSSR count). The normalized spacial score (nSPS) is 22.6. The van der Waals surface area contributed by atoms with Crippen LogP contribution in [0.2, 0.25) is 5.02 Å². The number of hydrogen-bond acceptors (Lipinski definition) is 2. The van der Waals surface area contributed by atoms with E-state index in [1.807, 2.05) is 12.1 Å². The Hall–Kier alpha value is -0.730. The molecule has 1 aromatic carbocycles. The lowest BCUT2D eigenvalue weighted by atomic mass is 10.0. The molecule has 1 aromatic rings. The van der Waals surface area contributed by atoms with Gasteiger partial charge >= 0.3 is 0 Å². The van der Waals surface area contributed by atoms with Crippen molar-refractivity contribution in [1.82, 2.24) is 0 Å². The summed E-state index contributed by atoms with van der Waals surface area (Å²) in [5, 5.41) is 10.2. The van der Waals surface area contributed by atoms with Crippen LogP contribution in [0, 0.1) is 0 Å². The summed E-state index contributed by atoms with van der Waals surface area (Å²) >= 11 is 6.20. The predicted octanol–water partition coefficient (Wildman–Crippen LogP) is 3.77. The van der Waals surface area contributed by atoms with Gasteiger partial charge in [0.05, 0.1) is 6.10 Å². The molecule has 3 heteroatoms. The summed E-state index contributed by atoms with van der Waals surface area (Å²) < 4.78 is 0. The summed E-state index contributed by atoms with van der Waals surface area (Å²) in [6.07, 6.45) is 3.31. The number of halogens is 1. The van der Waals surface area contributed by atoms with Crippen LogP contribution in [-0.2, 0) is 0 Å². The van der Waals surface area contributed by atoms with Crippen LogP contribution in [0.25, 0.3) is 0 Å². The summed E-state index contributed by atoms with van der Waals surface area (Å²) in [6, 6.07) is 6.56. The lowest BCUT2D eigenvalue weighted by Gasteiger charge is -2.35. The van der Waals surface area contributed by atoms with Crippen molar-refractivity contribution in [3.63, 3.8) is 0 Å². The fourth-order valence-corrected chi connectivity index (χ4v) is 2.85. The lowest BCUT2D eigenvalue weighted by molar-refractivity contribution is 0.199. The van der Waals surface area contributed by atoms with Gasteiger partial charge in [-0.2, -0.15) is 0 Å². The SMILES string of the molecule is CC(O)c1ccc(N2CCCCC2C)cc1Cl. The fraction of sp³-hybridized carbons (Fsp3) is 0.571. The zero-order valence-electron chi connectivity index (χ0n) is 10.5. The number of hydrogen-bond donors (Lipinski definition) is 1. The van der Waals surface area contributed by atoms with Gasteiger partial charge in [-0.25, -0.2) is 0 Å². The molecule has 0 aliphatic carbocycles. The Kier molecular flexibility index (Phi) is 3.95. The van der Waals surface area contributed by atoms with E-state index in [1.54, 1.807) is 6.92 Å². The van der Waals surface area contributed by atoms with Gasteiger partial charge in [0.2, 0.25) is 0 Å². The number of aliphatic hydroxyl groups is 1. The number of anilines is 1. The smallest absolute Gasteiger partial charge is 0.0776 e. The molecule has 17 heavy (non-hydrogen) atoms. The van der Waals surface area contributed by atoms with Crippen molar-refractivity contribution in [3.8, 4) is 0 Å². The minimum absolute atomic E-state index is 0.504. The summed E-state index contributed by atoms with van der Waals surface area (Å²) in [6.45, 7) is 5.10. The molecular formula is C14H20ClNO. The van der Waals surface area contributed by atoms with Gasteiger partial charge in [0.1, 0.15) is 0 Å². The predicted molar refractivity (Wildman–Crippen MR) is 72.7 cm³/mol. The maximum atomic E-state index is 9.56. The molecule has 1 N–H and O–H groups in total. The van der Waals surface area contributed by atoms with Crippen LogP contribution >= 0.6 is 11.6 Å². The molecule has 94 valence electrons. The molecule has 0 saturated carbocycles. The standard InChI is InChI=1S/C14H20ClNO/c1-10-5-3-4-8-16(10)12-6-7-13(11(2)17)14(15)9-12/h6-7,9-11,17H,3-5,8H2,1-2H3. The molecule has 1 aliphatic heterocycles. The van der Waals surface area contributed by atoms with E-state index in [4.69, 9.17) is 11.6 Å². The monoisotopic (exact) mass is 253 g/mol. The fourth-order valence-electron chi connectivity index (χ4n) is 2.52. The Morgan fingerprint density at radius 1 is 1.41 bits per heavy atom. The molecule has 0 aromatic heterocycles. The Balaban J connectivity index is 2.24. The highest BCUT2D eigenvalue weighted by atomic mass is 35.5. The van der Waals surface area contributed by atoms with Crippen LogP contribution < -0.4 is 4.90 Å². The van der Waals surface area contributed by atoms with Crippen molar-refractivity contribution < 1.29 is 5.11 Å². The molecule has 2 nitrogen and oxygen atoms in total. The third-order valence-electron chi connectivity index (χ3n) is 3.57. The molecule has 0 spiro atoms. The second-order valence-electron chi connectivity index (χ2n) is 4.92. The van der Waals surface area contributed by atoms with Gasteiger partial charge in [-0.15, -0.1) is 0 Å². The van der Waals surface area contributed by atoms with Crippen LogP contribution in [0.3, 0.4) is 0 Å². The molecule has 2 unspecified atom stereocenters. The lowest BCUT2D eigenvalue weighted by Crippen LogP contribution is -2.37. The summed E-state index contributed by atoms with van der Waals surface area (Å²) in [4.78, 5) is 2.40. The summed E-state index contributed by atoms with van der Waals surface area (Å²) in [5.74, 6) is 0. The van der Waals surface area contributed by atoms with Crippen LogP contribution in [0.5, 0.6) is 0 Å². The minimum atomic E-state index is -0.504. The van der Waals surface area contributed by atoms with Crippen molar-refractivity contribution in [2.75, 3.05) is 11.4 Å². The van der Waals surface area contributed by atoms with Gasteiger partial charge in [-0.05, 0) is 50.8 Å². The van der Waals surface area contributed by atoms with E-state index in [0.717, 1.165) is 12.1 Å². The van der Waals surface area contributed by atoms with Crippen molar-refractivity contribution >= 4 is 17.3 Å². The van der Waals surface area contributed by atoms with Crippen molar-refractivity contribution in [1.29, 1.82) is 0 Å². The molecule has 0 bridgehead atoms. The van der Waals surface area contributed by atoms with Gasteiger partial charge in [0.25, 0.3) is 0 Å². The zero-order chi connectivity index (χ0) is 12.4. The Morgan fingerprint density at radius 2 is 2.18 bits per heavy atom. The molecule has 0 amide bonds. The summed E-state index contributed by atoms with van der Waals surface area (Å²) in [5.41, 5.74) is 1.98. The Morgan fingerprint density at radius 3 is 2.76 bits per heavy atom. The van der Waals surface area contributed by atoms with Crippen molar-refractivity contribution in [2.45, 2.75) is 45.3 Å². The summed E-state index contributed by atoms with van der Waals surface area (Å²) in [7, 11) is 0. The van der Waals surface area contributed by atoms with E-state index in [-0.39, 0.29) is 0 Å². The average Bonchev–Trinajstić information content (AvgIpc) is 2.29. The highest BCUT2D eigenvalue weighted by Gasteiger charge is 2.19. The van der Waals surface area contributed by atoms with E-state index in [0.29, 0.717) is 11.1 Å². The topological polar surface area (TPSA) is 23.5 Å². The van der Waals surface area contributed by atoms with Crippen molar-refractivity contribution in [3.05, 3.63) is 28.8 Å². The first-order valence-corrected chi connectivity index (χ1v) is 6.71. The first kappa shape index (κ1) is 12.7. The van der Waals surface area contributed by atoms with Gasteiger partial charge in [-0.1, -0.05) is 17.7 Å². The second kappa shape index (κ2) is 5.28. The Bertz CT molecular complexity index is 392.